The Morgan fingerprint density at radius 1 is 1.03 bits per heavy atom. The summed E-state index contributed by atoms with van der Waals surface area (Å²) in [6, 6.07) is 10.6. The molecule has 31 heavy (non-hydrogen) atoms. The standard InChI is InChI=1S/C23H31N5O3/c1-16(2)25-20-5-4-10-24-21(20)27-11-13-28(14-12-27)23(31)19-8-6-18(7-9-19)22(30)26-17(3)15-29/h4-10,16-17,25,29H,11-15H2,1-3H3,(H,26,30)/t17-/m0/s1. The Hall–Kier alpha value is -3.13. The van der Waals surface area contributed by atoms with Crippen LogP contribution in [0, 0.1) is 0 Å². The number of hydrogen-bond acceptors (Lipinski definition) is 6. The normalized spacial score (nSPS) is 15.0. The van der Waals surface area contributed by atoms with Gasteiger partial charge in [0.25, 0.3) is 11.8 Å². The van der Waals surface area contributed by atoms with Crippen molar-refractivity contribution in [1.82, 2.24) is 15.2 Å². The molecule has 8 heteroatoms. The Balaban J connectivity index is 1.60. The zero-order chi connectivity index (χ0) is 22.4. The van der Waals surface area contributed by atoms with Crippen LogP contribution in [0.1, 0.15) is 41.5 Å². The van der Waals surface area contributed by atoms with E-state index in [4.69, 9.17) is 5.11 Å². The molecule has 0 unspecified atom stereocenters. The van der Waals surface area contributed by atoms with Crippen molar-refractivity contribution in [3.8, 4) is 0 Å². The maximum Gasteiger partial charge on any atom is 0.253 e. The van der Waals surface area contributed by atoms with Gasteiger partial charge in [-0.25, -0.2) is 4.98 Å². The van der Waals surface area contributed by atoms with E-state index in [0.717, 1.165) is 11.5 Å². The molecule has 166 valence electrons. The quantitative estimate of drug-likeness (QED) is 0.628. The summed E-state index contributed by atoms with van der Waals surface area (Å²) < 4.78 is 0. The molecule has 1 fully saturated rings. The van der Waals surface area contributed by atoms with Crippen molar-refractivity contribution in [2.45, 2.75) is 32.9 Å². The van der Waals surface area contributed by atoms with Gasteiger partial charge in [-0.1, -0.05) is 0 Å². The average Bonchev–Trinajstić information content (AvgIpc) is 2.78. The smallest absolute Gasteiger partial charge is 0.253 e. The minimum Gasteiger partial charge on any atom is -0.394 e. The lowest BCUT2D eigenvalue weighted by Crippen LogP contribution is -2.49. The van der Waals surface area contributed by atoms with E-state index >= 15 is 0 Å². The van der Waals surface area contributed by atoms with Gasteiger partial charge in [-0.05, 0) is 57.2 Å². The molecule has 2 heterocycles. The summed E-state index contributed by atoms with van der Waals surface area (Å²) in [5.74, 6) is 0.600. The number of aliphatic hydroxyl groups excluding tert-OH is 1. The predicted octanol–water partition coefficient (Wildman–Crippen LogP) is 1.97. The summed E-state index contributed by atoms with van der Waals surface area (Å²) in [4.78, 5) is 33.6. The Labute approximate surface area is 183 Å². The summed E-state index contributed by atoms with van der Waals surface area (Å²) >= 11 is 0. The van der Waals surface area contributed by atoms with Crippen LogP contribution in [-0.2, 0) is 0 Å². The van der Waals surface area contributed by atoms with E-state index in [1.54, 1.807) is 37.4 Å². The summed E-state index contributed by atoms with van der Waals surface area (Å²) in [5, 5.41) is 15.2. The second-order valence-electron chi connectivity index (χ2n) is 8.09. The summed E-state index contributed by atoms with van der Waals surface area (Å²) in [7, 11) is 0. The number of nitrogens with zero attached hydrogens (tertiary/aromatic N) is 3. The third-order valence-corrected chi connectivity index (χ3v) is 5.14. The van der Waals surface area contributed by atoms with Gasteiger partial charge in [-0.2, -0.15) is 0 Å². The number of hydrogen-bond donors (Lipinski definition) is 3. The SMILES string of the molecule is CC(C)Nc1cccnc1N1CCN(C(=O)c2ccc(C(=O)N[C@@H](C)CO)cc2)CC1. The Morgan fingerprint density at radius 3 is 2.29 bits per heavy atom. The van der Waals surface area contributed by atoms with Crippen molar-refractivity contribution in [2.24, 2.45) is 0 Å². The molecule has 2 amide bonds. The van der Waals surface area contributed by atoms with E-state index in [1.165, 1.54) is 0 Å². The fraction of sp³-hybridized carbons (Fsp3) is 0.435. The van der Waals surface area contributed by atoms with Crippen molar-refractivity contribution in [3.63, 3.8) is 0 Å². The number of rotatable bonds is 7. The monoisotopic (exact) mass is 425 g/mol. The molecule has 1 aromatic carbocycles. The highest BCUT2D eigenvalue weighted by Crippen LogP contribution is 2.25. The average molecular weight is 426 g/mol. The first-order valence-corrected chi connectivity index (χ1v) is 10.7. The minimum atomic E-state index is -0.319. The van der Waals surface area contributed by atoms with E-state index < -0.39 is 0 Å². The molecule has 0 radical (unpaired) electrons. The highest BCUT2D eigenvalue weighted by molar-refractivity contribution is 5.98. The second kappa shape index (κ2) is 10.3. The zero-order valence-electron chi connectivity index (χ0n) is 18.3. The van der Waals surface area contributed by atoms with Gasteiger partial charge < -0.3 is 25.5 Å². The number of benzene rings is 1. The lowest BCUT2D eigenvalue weighted by molar-refractivity contribution is 0.0746. The number of aromatic nitrogens is 1. The second-order valence-corrected chi connectivity index (χ2v) is 8.09. The van der Waals surface area contributed by atoms with Gasteiger partial charge in [0, 0.05) is 55.6 Å². The molecule has 0 spiro atoms. The van der Waals surface area contributed by atoms with Crippen LogP contribution in [0.25, 0.3) is 0 Å². The van der Waals surface area contributed by atoms with E-state index in [0.29, 0.717) is 43.3 Å². The number of anilines is 2. The molecule has 1 atom stereocenters. The summed E-state index contributed by atoms with van der Waals surface area (Å²) in [6.45, 7) is 8.40. The first-order chi connectivity index (χ1) is 14.9. The van der Waals surface area contributed by atoms with Crippen LogP contribution in [0.2, 0.25) is 0 Å². The molecule has 1 aromatic heterocycles. The van der Waals surface area contributed by atoms with Gasteiger partial charge in [0.05, 0.1) is 12.3 Å². The molecule has 3 rings (SSSR count). The van der Waals surface area contributed by atoms with Crippen LogP contribution < -0.4 is 15.5 Å². The molecular weight excluding hydrogens is 394 g/mol. The van der Waals surface area contributed by atoms with Gasteiger partial charge in [-0.15, -0.1) is 0 Å². The molecular formula is C23H31N5O3. The van der Waals surface area contributed by atoms with Gasteiger partial charge in [-0.3, -0.25) is 9.59 Å². The van der Waals surface area contributed by atoms with Crippen molar-refractivity contribution in [2.75, 3.05) is 43.0 Å². The molecule has 0 aliphatic carbocycles. The number of aliphatic hydroxyl groups is 1. The summed E-state index contributed by atoms with van der Waals surface area (Å²) in [5.41, 5.74) is 2.02. The maximum absolute atomic E-state index is 12.9. The number of nitrogens with one attached hydrogen (secondary N) is 2. The van der Waals surface area contributed by atoms with Crippen molar-refractivity contribution >= 4 is 23.3 Å². The van der Waals surface area contributed by atoms with Crippen LogP contribution in [0.15, 0.2) is 42.6 Å². The highest BCUT2D eigenvalue weighted by Gasteiger charge is 2.24. The first-order valence-electron chi connectivity index (χ1n) is 10.7. The Kier molecular flexibility index (Phi) is 7.46. The largest absolute Gasteiger partial charge is 0.394 e. The van der Waals surface area contributed by atoms with Crippen LogP contribution >= 0.6 is 0 Å². The lowest BCUT2D eigenvalue weighted by atomic mass is 10.1. The molecule has 8 nitrogen and oxygen atoms in total. The van der Waals surface area contributed by atoms with Crippen molar-refractivity contribution in [1.29, 1.82) is 0 Å². The number of pyridine rings is 1. The molecule has 0 saturated carbocycles. The third kappa shape index (κ3) is 5.73. The van der Waals surface area contributed by atoms with Gasteiger partial charge >= 0.3 is 0 Å². The fourth-order valence-corrected chi connectivity index (χ4v) is 3.49. The Morgan fingerprint density at radius 2 is 1.68 bits per heavy atom. The van der Waals surface area contributed by atoms with E-state index in [-0.39, 0.29) is 24.5 Å². The van der Waals surface area contributed by atoms with Gasteiger partial charge in [0.15, 0.2) is 5.82 Å². The van der Waals surface area contributed by atoms with Crippen LogP contribution in [0.4, 0.5) is 11.5 Å². The number of carbonyl (C=O) groups is 2. The highest BCUT2D eigenvalue weighted by atomic mass is 16.3. The number of amides is 2. The zero-order valence-corrected chi connectivity index (χ0v) is 18.3. The van der Waals surface area contributed by atoms with Crippen LogP contribution in [0.3, 0.4) is 0 Å². The minimum absolute atomic E-state index is 0.0446. The number of carbonyl (C=O) groups excluding carboxylic acids is 2. The van der Waals surface area contributed by atoms with E-state index in [9.17, 15) is 9.59 Å². The third-order valence-electron chi connectivity index (χ3n) is 5.14. The molecule has 1 aliphatic heterocycles. The summed E-state index contributed by atoms with van der Waals surface area (Å²) in [6.07, 6.45) is 1.79. The number of piperazine rings is 1. The van der Waals surface area contributed by atoms with Crippen molar-refractivity contribution < 1.29 is 14.7 Å². The lowest BCUT2D eigenvalue weighted by Gasteiger charge is -2.36. The molecule has 2 aromatic rings. The van der Waals surface area contributed by atoms with Crippen molar-refractivity contribution in [3.05, 3.63) is 53.7 Å². The van der Waals surface area contributed by atoms with E-state index in [1.807, 2.05) is 17.0 Å². The Bertz CT molecular complexity index is 892. The maximum atomic E-state index is 12.9. The molecule has 1 aliphatic rings. The van der Waals surface area contributed by atoms with E-state index in [2.05, 4.69) is 34.4 Å². The fourth-order valence-electron chi connectivity index (χ4n) is 3.49. The molecule has 1 saturated heterocycles. The topological polar surface area (TPSA) is 97.8 Å². The van der Waals surface area contributed by atoms with Gasteiger partial charge in [0.1, 0.15) is 0 Å². The van der Waals surface area contributed by atoms with Gasteiger partial charge in [0.2, 0.25) is 0 Å². The first kappa shape index (κ1) is 22.6. The van der Waals surface area contributed by atoms with Crippen LogP contribution in [-0.4, -0.2) is 71.7 Å². The molecule has 0 bridgehead atoms. The molecule has 3 N–H and O–H groups in total. The predicted molar refractivity (Wildman–Crippen MR) is 122 cm³/mol. The van der Waals surface area contributed by atoms with Crippen LogP contribution in [0.5, 0.6) is 0 Å².